The van der Waals surface area contributed by atoms with Crippen LogP contribution in [0.25, 0.3) is 0 Å². The summed E-state index contributed by atoms with van der Waals surface area (Å²) in [5.74, 6) is 0. The first kappa shape index (κ1) is 25.3. The lowest BCUT2D eigenvalue weighted by molar-refractivity contribution is -2.00. The molecule has 0 spiro atoms. The van der Waals surface area contributed by atoms with E-state index in [1.54, 1.807) is 0 Å². The summed E-state index contributed by atoms with van der Waals surface area (Å²) in [6.07, 6.45) is 13.5. The molecule has 0 fully saturated rings. The first-order chi connectivity index (χ1) is 10.5. The Morgan fingerprint density at radius 3 is 1.39 bits per heavy atom. The van der Waals surface area contributed by atoms with Crippen molar-refractivity contribution < 1.29 is 38.5 Å². The third-order valence-electron chi connectivity index (χ3n) is 4.10. The number of aliphatic hydroxyl groups is 1. The van der Waals surface area contributed by atoms with E-state index in [1.807, 2.05) is 6.92 Å². The van der Waals surface area contributed by atoms with Crippen LogP contribution in [-0.4, -0.2) is 36.5 Å². The van der Waals surface area contributed by atoms with Gasteiger partial charge in [-0.05, 0) is 12.8 Å². The largest absolute Gasteiger partial charge is 0.345 e. The zero-order valence-corrected chi connectivity index (χ0v) is 16.0. The quantitative estimate of drug-likeness (QED) is 0.289. The highest BCUT2D eigenvalue weighted by Gasteiger charge is 2.20. The van der Waals surface area contributed by atoms with Gasteiger partial charge in [-0.15, -0.1) is 10.2 Å². The summed E-state index contributed by atoms with van der Waals surface area (Å²) < 4.78 is 34.7. The summed E-state index contributed by atoms with van der Waals surface area (Å²) in [6.45, 7) is 5.25. The van der Waals surface area contributed by atoms with Crippen LogP contribution < -0.4 is 18.6 Å². The minimum atomic E-state index is -4.94. The Labute approximate surface area is 144 Å². The Morgan fingerprint density at radius 1 is 0.783 bits per heavy atom. The van der Waals surface area contributed by atoms with Crippen LogP contribution in [0.15, 0.2) is 0 Å². The maximum Gasteiger partial charge on any atom is 0.187 e. The van der Waals surface area contributed by atoms with Gasteiger partial charge in [-0.2, -0.15) is 0 Å². The Morgan fingerprint density at radius 2 is 1.09 bits per heavy atom. The maximum absolute atomic E-state index is 9.60. The Bertz CT molecular complexity index is 251. The molecule has 0 rings (SSSR count). The molecule has 1 N–H and O–H groups in total. The van der Waals surface area contributed by atoms with E-state index in [0.717, 1.165) is 11.0 Å². The monoisotopic (exact) mass is 357 g/mol. The number of aliphatic hydroxyl groups excluding tert-OH is 1. The van der Waals surface area contributed by atoms with Gasteiger partial charge in [0.25, 0.3) is 0 Å². The molecule has 0 aromatic heterocycles. The van der Waals surface area contributed by atoms with Crippen molar-refractivity contribution in [3.8, 4) is 0 Å². The van der Waals surface area contributed by atoms with Gasteiger partial charge in [0.15, 0.2) is 6.23 Å². The van der Waals surface area contributed by atoms with Crippen molar-refractivity contribution in [1.29, 1.82) is 0 Å². The lowest BCUT2D eigenvalue weighted by Gasteiger charge is -2.32. The minimum Gasteiger partial charge on any atom is -0.345 e. The second-order valence-corrected chi connectivity index (χ2v) is 7.45. The van der Waals surface area contributed by atoms with Crippen LogP contribution in [0.3, 0.4) is 0 Å². The molecule has 0 amide bonds. The van der Waals surface area contributed by atoms with E-state index in [0.29, 0.717) is 0 Å². The first-order valence-corrected chi connectivity index (χ1v) is 9.86. The van der Waals surface area contributed by atoms with Crippen LogP contribution >= 0.6 is 0 Å². The van der Waals surface area contributed by atoms with E-state index in [9.17, 15) is 5.11 Å². The standard InChI is InChI=1S/C16H36NO.ClHO4/c1-5-6-7-8-9-10-11-12-13-14-15-17(3,4)16(2)18;2-1(3,4)5/h16,18H,5-15H2,1-4H3;(H,2,3,4,5)/q+1;/p-1. The molecule has 0 radical (unpaired) electrons. The molecule has 6 nitrogen and oxygen atoms in total. The van der Waals surface area contributed by atoms with E-state index >= 15 is 0 Å². The lowest BCUT2D eigenvalue weighted by atomic mass is 10.1. The predicted octanol–water partition coefficient (Wildman–Crippen LogP) is -0.434. The van der Waals surface area contributed by atoms with Gasteiger partial charge in [0.05, 0.1) is 20.6 Å². The number of rotatable bonds is 12. The molecule has 7 heteroatoms. The molecule has 0 bridgehead atoms. The number of unbranched alkanes of at least 4 members (excludes halogenated alkanes) is 9. The number of halogens is 1. The van der Waals surface area contributed by atoms with Gasteiger partial charge in [-0.3, -0.25) is 0 Å². The molecule has 0 saturated heterocycles. The molecule has 0 aliphatic carbocycles. The van der Waals surface area contributed by atoms with E-state index in [4.69, 9.17) is 18.6 Å². The van der Waals surface area contributed by atoms with Crippen molar-refractivity contribution in [1.82, 2.24) is 0 Å². The van der Waals surface area contributed by atoms with Gasteiger partial charge in [0, 0.05) is 6.92 Å². The van der Waals surface area contributed by atoms with Gasteiger partial charge in [0.1, 0.15) is 0 Å². The van der Waals surface area contributed by atoms with Crippen LogP contribution in [-0.2, 0) is 0 Å². The molecule has 0 saturated carbocycles. The Balaban J connectivity index is 0. The fourth-order valence-electron chi connectivity index (χ4n) is 2.19. The Hall–Kier alpha value is 0.0500. The zero-order valence-electron chi connectivity index (χ0n) is 15.3. The maximum atomic E-state index is 9.60. The zero-order chi connectivity index (χ0) is 18.4. The summed E-state index contributed by atoms with van der Waals surface area (Å²) in [5.41, 5.74) is 0. The van der Waals surface area contributed by atoms with Gasteiger partial charge < -0.3 is 9.59 Å². The predicted molar refractivity (Wildman–Crippen MR) is 80.5 cm³/mol. The molecule has 142 valence electrons. The number of hydrogen-bond acceptors (Lipinski definition) is 5. The minimum absolute atomic E-state index is 0.247. The fraction of sp³-hybridized carbons (Fsp3) is 1.00. The van der Waals surface area contributed by atoms with Gasteiger partial charge in [-0.1, -0.05) is 58.3 Å². The summed E-state index contributed by atoms with van der Waals surface area (Å²) in [7, 11) is -0.725. The van der Waals surface area contributed by atoms with Crippen LogP contribution in [0.2, 0.25) is 0 Å². The summed E-state index contributed by atoms with van der Waals surface area (Å²) in [6, 6.07) is 0. The highest BCUT2D eigenvalue weighted by atomic mass is 35.7. The third-order valence-corrected chi connectivity index (χ3v) is 4.10. The summed E-state index contributed by atoms with van der Waals surface area (Å²) in [5, 5.41) is 9.60. The molecule has 1 unspecified atom stereocenters. The van der Waals surface area contributed by atoms with E-state index in [-0.39, 0.29) is 6.23 Å². The third kappa shape index (κ3) is 24.4. The van der Waals surface area contributed by atoms with E-state index in [2.05, 4.69) is 21.0 Å². The van der Waals surface area contributed by atoms with Gasteiger partial charge in [0.2, 0.25) is 0 Å². The first-order valence-electron chi connectivity index (χ1n) is 8.63. The van der Waals surface area contributed by atoms with Crippen molar-refractivity contribution in [3.63, 3.8) is 0 Å². The van der Waals surface area contributed by atoms with Crippen LogP contribution in [0, 0.1) is 10.2 Å². The Kier molecular flexibility index (Phi) is 15.8. The second kappa shape index (κ2) is 14.4. The molecule has 0 aliphatic heterocycles. The van der Waals surface area contributed by atoms with Crippen LogP contribution in [0.5, 0.6) is 0 Å². The van der Waals surface area contributed by atoms with E-state index in [1.165, 1.54) is 64.2 Å². The average Bonchev–Trinajstić information content (AvgIpc) is 2.38. The number of quaternary nitrogens is 1. The van der Waals surface area contributed by atoms with E-state index < -0.39 is 10.2 Å². The highest BCUT2D eigenvalue weighted by Crippen LogP contribution is 2.12. The summed E-state index contributed by atoms with van der Waals surface area (Å²) >= 11 is 0. The normalized spacial score (nSPS) is 13.4. The molecule has 0 aliphatic rings. The fourth-order valence-corrected chi connectivity index (χ4v) is 2.19. The molecule has 23 heavy (non-hydrogen) atoms. The van der Waals surface area contributed by atoms with Crippen LogP contribution in [0.1, 0.15) is 78.1 Å². The second-order valence-electron chi connectivity index (χ2n) is 6.69. The number of hydrogen-bond donors (Lipinski definition) is 1. The van der Waals surface area contributed by atoms with Crippen molar-refractivity contribution in [2.45, 2.75) is 84.3 Å². The van der Waals surface area contributed by atoms with Crippen molar-refractivity contribution in [2.75, 3.05) is 20.6 Å². The topological polar surface area (TPSA) is 112 Å². The highest BCUT2D eigenvalue weighted by molar-refractivity contribution is 4.47. The van der Waals surface area contributed by atoms with Gasteiger partial charge >= 0.3 is 0 Å². The molecular weight excluding hydrogens is 322 g/mol. The van der Waals surface area contributed by atoms with Crippen molar-refractivity contribution >= 4 is 0 Å². The molecular formula is C16H36ClNO5. The summed E-state index contributed by atoms with van der Waals surface area (Å²) in [4.78, 5) is 0. The van der Waals surface area contributed by atoms with Crippen molar-refractivity contribution in [2.24, 2.45) is 0 Å². The van der Waals surface area contributed by atoms with Gasteiger partial charge in [-0.25, -0.2) is 18.6 Å². The van der Waals surface area contributed by atoms with Crippen LogP contribution in [0.4, 0.5) is 0 Å². The molecule has 0 aromatic rings. The number of nitrogens with zero attached hydrogens (tertiary/aromatic N) is 1. The molecule has 0 aromatic carbocycles. The lowest BCUT2D eigenvalue weighted by Crippen LogP contribution is -2.68. The molecule has 1 atom stereocenters. The average molecular weight is 358 g/mol. The van der Waals surface area contributed by atoms with Crippen molar-refractivity contribution in [3.05, 3.63) is 0 Å². The smallest absolute Gasteiger partial charge is 0.187 e. The molecule has 0 heterocycles. The SMILES string of the molecule is CCCCCCCCCCCC[N+](C)(C)C(C)O.[O-][Cl+3]([O-])([O-])[O-].